The topological polar surface area (TPSA) is 9.23 Å². The van der Waals surface area contributed by atoms with Crippen LogP contribution in [0.4, 0.5) is 0 Å². The van der Waals surface area contributed by atoms with Gasteiger partial charge in [-0.1, -0.05) is 0 Å². The summed E-state index contributed by atoms with van der Waals surface area (Å²) < 4.78 is 5.42. The van der Waals surface area contributed by atoms with Crippen molar-refractivity contribution in [3.8, 4) is 0 Å². The Morgan fingerprint density at radius 3 is 3.44 bits per heavy atom. The molecule has 2 aliphatic rings. The van der Waals surface area contributed by atoms with E-state index >= 15 is 0 Å². The van der Waals surface area contributed by atoms with Crippen LogP contribution in [-0.2, 0) is 4.74 Å². The fraction of sp³-hybridized carbons (Fsp3) is 1.00. The van der Waals surface area contributed by atoms with Gasteiger partial charge in [0.15, 0.2) is 0 Å². The van der Waals surface area contributed by atoms with Crippen molar-refractivity contribution in [2.45, 2.75) is 18.1 Å². The maximum atomic E-state index is 5.42. The van der Waals surface area contributed by atoms with E-state index in [9.17, 15) is 0 Å². The Morgan fingerprint density at radius 2 is 2.44 bits per heavy atom. The van der Waals surface area contributed by atoms with E-state index < -0.39 is 0 Å². The molecule has 9 heavy (non-hydrogen) atoms. The van der Waals surface area contributed by atoms with E-state index in [1.807, 2.05) is 0 Å². The molecule has 0 aromatic rings. The molecule has 1 aliphatic carbocycles. The Balaban J connectivity index is 1.81. The fourth-order valence-corrected chi connectivity index (χ4v) is 2.55. The van der Waals surface area contributed by atoms with Gasteiger partial charge in [-0.25, -0.2) is 0 Å². The fourth-order valence-electron chi connectivity index (χ4n) is 1.23. The van der Waals surface area contributed by atoms with Crippen molar-refractivity contribution in [2.24, 2.45) is 5.92 Å². The van der Waals surface area contributed by atoms with Crippen molar-refractivity contribution >= 4 is 11.8 Å². The van der Waals surface area contributed by atoms with Gasteiger partial charge in [0.1, 0.15) is 0 Å². The van der Waals surface area contributed by atoms with Gasteiger partial charge in [-0.05, 0) is 24.5 Å². The molecule has 0 amide bonds. The van der Waals surface area contributed by atoms with Gasteiger partial charge in [-0.2, -0.15) is 11.8 Å². The van der Waals surface area contributed by atoms with Crippen molar-refractivity contribution in [3.05, 3.63) is 0 Å². The van der Waals surface area contributed by atoms with Crippen LogP contribution >= 0.6 is 11.8 Å². The Bertz CT molecular complexity index is 93.1. The first-order valence-electron chi connectivity index (χ1n) is 3.66. The third kappa shape index (κ3) is 1.41. The smallest absolute Gasteiger partial charge is 0.0505 e. The minimum atomic E-state index is 0.926. The molecule has 0 spiro atoms. The van der Waals surface area contributed by atoms with Gasteiger partial charge >= 0.3 is 0 Å². The Morgan fingerprint density at radius 1 is 1.44 bits per heavy atom. The normalized spacial score (nSPS) is 42.7. The van der Waals surface area contributed by atoms with Crippen LogP contribution in [0.15, 0.2) is 0 Å². The third-order valence-electron chi connectivity index (χ3n) is 1.95. The van der Waals surface area contributed by atoms with E-state index in [-0.39, 0.29) is 0 Å². The summed E-state index contributed by atoms with van der Waals surface area (Å²) in [5.74, 6) is 2.25. The largest absolute Gasteiger partial charge is 0.381 e. The summed E-state index contributed by atoms with van der Waals surface area (Å²) in [5.41, 5.74) is 0. The van der Waals surface area contributed by atoms with Crippen LogP contribution in [0.1, 0.15) is 12.8 Å². The van der Waals surface area contributed by atoms with Crippen LogP contribution in [0, 0.1) is 5.92 Å². The highest BCUT2D eigenvalue weighted by Gasteiger charge is 2.37. The van der Waals surface area contributed by atoms with Crippen molar-refractivity contribution in [1.82, 2.24) is 0 Å². The lowest BCUT2D eigenvalue weighted by atomic mass is 10.4. The lowest BCUT2D eigenvalue weighted by molar-refractivity contribution is 0.125. The molecule has 0 aromatic carbocycles. The molecule has 2 unspecified atom stereocenters. The number of rotatable bonds is 0. The molecule has 2 heteroatoms. The summed E-state index contributed by atoms with van der Waals surface area (Å²) >= 11 is 2.15. The van der Waals surface area contributed by atoms with Crippen LogP contribution in [0.3, 0.4) is 0 Å². The lowest BCUT2D eigenvalue weighted by Gasteiger charge is -2.07. The van der Waals surface area contributed by atoms with Crippen LogP contribution in [0.25, 0.3) is 0 Å². The summed E-state index contributed by atoms with van der Waals surface area (Å²) in [6.07, 6.45) is 2.68. The zero-order chi connectivity index (χ0) is 6.10. The first-order valence-corrected chi connectivity index (χ1v) is 4.71. The molecule has 0 aromatic heterocycles. The number of hydrogen-bond donors (Lipinski definition) is 0. The summed E-state index contributed by atoms with van der Waals surface area (Å²) in [6, 6.07) is 0. The molecular weight excluding hydrogens is 132 g/mol. The van der Waals surface area contributed by atoms with Gasteiger partial charge < -0.3 is 4.74 Å². The Labute approximate surface area is 60.2 Å². The molecule has 2 rings (SSSR count). The predicted molar refractivity (Wildman–Crippen MR) is 39.8 cm³/mol. The monoisotopic (exact) mass is 144 g/mol. The second-order valence-electron chi connectivity index (χ2n) is 2.83. The average Bonchev–Trinajstić information content (AvgIpc) is 2.46. The molecule has 2 fully saturated rings. The summed E-state index contributed by atoms with van der Waals surface area (Å²) in [7, 11) is 0. The molecule has 1 saturated heterocycles. The quantitative estimate of drug-likeness (QED) is 0.510. The predicted octanol–water partition coefficient (Wildman–Crippen LogP) is 1.53. The molecule has 1 aliphatic heterocycles. The van der Waals surface area contributed by atoms with Crippen molar-refractivity contribution in [2.75, 3.05) is 19.0 Å². The average molecular weight is 144 g/mol. The molecule has 0 radical (unpaired) electrons. The standard InChI is InChI=1S/C7H12OS/c1-2-8-5-6-4-7(6)9-3-1/h6-7H,1-5H2. The number of ether oxygens (including phenoxy) is 1. The van der Waals surface area contributed by atoms with E-state index in [1.165, 1.54) is 18.6 Å². The highest BCUT2D eigenvalue weighted by molar-refractivity contribution is 8.00. The van der Waals surface area contributed by atoms with E-state index in [4.69, 9.17) is 4.74 Å². The molecule has 1 heterocycles. The van der Waals surface area contributed by atoms with Crippen LogP contribution in [-0.4, -0.2) is 24.2 Å². The van der Waals surface area contributed by atoms with E-state index in [0.717, 1.165) is 24.4 Å². The zero-order valence-electron chi connectivity index (χ0n) is 5.51. The molecule has 52 valence electrons. The Hall–Kier alpha value is 0.310. The second kappa shape index (κ2) is 2.51. The minimum Gasteiger partial charge on any atom is -0.381 e. The SMILES string of the molecule is C1COCC2CC2SC1. The van der Waals surface area contributed by atoms with Crippen LogP contribution < -0.4 is 0 Å². The van der Waals surface area contributed by atoms with Crippen molar-refractivity contribution < 1.29 is 4.74 Å². The van der Waals surface area contributed by atoms with Crippen LogP contribution in [0.5, 0.6) is 0 Å². The van der Waals surface area contributed by atoms with Gasteiger partial charge in [0.05, 0.1) is 6.61 Å². The van der Waals surface area contributed by atoms with Gasteiger partial charge in [-0.15, -0.1) is 0 Å². The van der Waals surface area contributed by atoms with Crippen molar-refractivity contribution in [1.29, 1.82) is 0 Å². The molecule has 0 N–H and O–H groups in total. The molecule has 2 atom stereocenters. The highest BCUT2D eigenvalue weighted by atomic mass is 32.2. The third-order valence-corrected chi connectivity index (χ3v) is 3.48. The zero-order valence-corrected chi connectivity index (χ0v) is 6.32. The van der Waals surface area contributed by atoms with Gasteiger partial charge in [0.2, 0.25) is 0 Å². The van der Waals surface area contributed by atoms with Crippen LogP contribution in [0.2, 0.25) is 0 Å². The molecule has 1 nitrogen and oxygen atoms in total. The molecule has 0 bridgehead atoms. The number of hydrogen-bond acceptors (Lipinski definition) is 2. The summed E-state index contributed by atoms with van der Waals surface area (Å²) in [6.45, 7) is 2.04. The van der Waals surface area contributed by atoms with Crippen molar-refractivity contribution in [3.63, 3.8) is 0 Å². The van der Waals surface area contributed by atoms with E-state index in [1.54, 1.807) is 0 Å². The first-order chi connectivity index (χ1) is 4.47. The molecule has 1 saturated carbocycles. The minimum absolute atomic E-state index is 0.926. The maximum Gasteiger partial charge on any atom is 0.0505 e. The molecular formula is C7H12OS. The van der Waals surface area contributed by atoms with Gasteiger partial charge in [0.25, 0.3) is 0 Å². The first kappa shape index (κ1) is 6.05. The Kier molecular flexibility index (Phi) is 1.68. The highest BCUT2D eigenvalue weighted by Crippen LogP contribution is 2.42. The van der Waals surface area contributed by atoms with Gasteiger partial charge in [0, 0.05) is 11.9 Å². The summed E-state index contributed by atoms with van der Waals surface area (Å²) in [5, 5.41) is 0.977. The van der Waals surface area contributed by atoms with Gasteiger partial charge in [-0.3, -0.25) is 0 Å². The van der Waals surface area contributed by atoms with E-state index in [0.29, 0.717) is 0 Å². The van der Waals surface area contributed by atoms with E-state index in [2.05, 4.69) is 11.8 Å². The lowest BCUT2D eigenvalue weighted by Crippen LogP contribution is -2.05. The second-order valence-corrected chi connectivity index (χ2v) is 4.18. The number of fused-ring (bicyclic) bond motifs is 1. The maximum absolute atomic E-state index is 5.42. The summed E-state index contributed by atoms with van der Waals surface area (Å²) in [4.78, 5) is 0. The number of thioether (sulfide) groups is 1.